The molecule has 1 saturated carbocycles. The summed E-state index contributed by atoms with van der Waals surface area (Å²) in [6, 6.07) is 2.72. The van der Waals surface area contributed by atoms with Gasteiger partial charge in [0.2, 0.25) is 10.0 Å². The Bertz CT molecular complexity index is 541. The number of rotatable bonds is 4. The fourth-order valence-electron chi connectivity index (χ4n) is 1.36. The molecule has 0 aromatic heterocycles. The molecule has 1 fully saturated rings. The molecule has 1 aliphatic rings. The van der Waals surface area contributed by atoms with Crippen LogP contribution in [0.1, 0.15) is 12.8 Å². The molecule has 0 saturated heterocycles. The molecule has 0 radical (unpaired) electrons. The van der Waals surface area contributed by atoms with Gasteiger partial charge in [-0.2, -0.15) is 0 Å². The van der Waals surface area contributed by atoms with Gasteiger partial charge in [-0.25, -0.2) is 13.1 Å². The van der Waals surface area contributed by atoms with Crippen molar-refractivity contribution in [3.8, 4) is 5.75 Å². The van der Waals surface area contributed by atoms with Gasteiger partial charge >= 0.3 is 0 Å². The number of hydrogen-bond donors (Lipinski definition) is 1. The van der Waals surface area contributed by atoms with Crippen molar-refractivity contribution in [3.05, 3.63) is 22.2 Å². The Morgan fingerprint density at radius 3 is 2.47 bits per heavy atom. The summed E-state index contributed by atoms with van der Waals surface area (Å²) in [5, 5.41) is 0.312. The van der Waals surface area contributed by atoms with E-state index in [1.807, 2.05) is 0 Å². The van der Waals surface area contributed by atoms with E-state index in [0.717, 1.165) is 12.8 Å². The third kappa shape index (κ3) is 2.85. The van der Waals surface area contributed by atoms with Crippen LogP contribution in [0.2, 0.25) is 10.0 Å². The van der Waals surface area contributed by atoms with Crippen LogP contribution in [-0.4, -0.2) is 21.6 Å². The number of benzene rings is 1. The summed E-state index contributed by atoms with van der Waals surface area (Å²) in [5.41, 5.74) is 0. The highest BCUT2D eigenvalue weighted by Crippen LogP contribution is 2.34. The summed E-state index contributed by atoms with van der Waals surface area (Å²) in [7, 11) is -2.16. The van der Waals surface area contributed by atoms with E-state index in [1.165, 1.54) is 19.2 Å². The van der Waals surface area contributed by atoms with E-state index in [1.54, 1.807) is 0 Å². The first-order chi connectivity index (χ1) is 7.94. The van der Waals surface area contributed by atoms with Gasteiger partial charge in [0.15, 0.2) is 0 Å². The maximum absolute atomic E-state index is 12.0. The molecule has 0 bridgehead atoms. The largest absolute Gasteiger partial charge is 0.495 e. The Morgan fingerprint density at radius 2 is 1.94 bits per heavy atom. The van der Waals surface area contributed by atoms with Crippen molar-refractivity contribution in [2.45, 2.75) is 23.8 Å². The summed E-state index contributed by atoms with van der Waals surface area (Å²) < 4.78 is 31.4. The molecule has 1 aromatic rings. The molecule has 1 N–H and O–H groups in total. The predicted molar refractivity (Wildman–Crippen MR) is 66.4 cm³/mol. The van der Waals surface area contributed by atoms with Gasteiger partial charge < -0.3 is 4.74 Å². The number of methoxy groups -OCH3 is 1. The number of hydrogen-bond acceptors (Lipinski definition) is 3. The van der Waals surface area contributed by atoms with Gasteiger partial charge in [0.05, 0.1) is 17.2 Å². The molecular weight excluding hydrogens is 285 g/mol. The Balaban J connectivity index is 2.40. The number of halogens is 2. The van der Waals surface area contributed by atoms with E-state index in [2.05, 4.69) is 4.72 Å². The molecule has 0 amide bonds. The highest BCUT2D eigenvalue weighted by atomic mass is 35.5. The molecule has 0 unspecified atom stereocenters. The first-order valence-corrected chi connectivity index (χ1v) is 7.23. The lowest BCUT2D eigenvalue weighted by atomic mass is 10.3. The van der Waals surface area contributed by atoms with Gasteiger partial charge in [0, 0.05) is 12.1 Å². The van der Waals surface area contributed by atoms with E-state index in [9.17, 15) is 8.42 Å². The number of nitrogens with one attached hydrogen (secondary N) is 1. The highest BCUT2D eigenvalue weighted by Gasteiger charge is 2.29. The van der Waals surface area contributed by atoms with Gasteiger partial charge in [-0.1, -0.05) is 23.2 Å². The fraction of sp³-hybridized carbons (Fsp3) is 0.400. The minimum atomic E-state index is -3.60. The van der Waals surface area contributed by atoms with Gasteiger partial charge in [-0.05, 0) is 18.9 Å². The summed E-state index contributed by atoms with van der Waals surface area (Å²) in [6.45, 7) is 0. The molecule has 0 aliphatic heterocycles. The normalized spacial score (nSPS) is 15.9. The van der Waals surface area contributed by atoms with E-state index in [0.29, 0.717) is 5.75 Å². The average Bonchev–Trinajstić information content (AvgIpc) is 3.03. The Labute approximate surface area is 110 Å². The maximum Gasteiger partial charge on any atom is 0.242 e. The number of sulfonamides is 1. The van der Waals surface area contributed by atoms with Gasteiger partial charge in [0.25, 0.3) is 0 Å². The van der Waals surface area contributed by atoms with Crippen molar-refractivity contribution < 1.29 is 13.2 Å². The lowest BCUT2D eigenvalue weighted by Crippen LogP contribution is -2.26. The second kappa shape index (κ2) is 4.65. The van der Waals surface area contributed by atoms with Crippen LogP contribution in [-0.2, 0) is 10.0 Å². The third-order valence-corrected chi connectivity index (χ3v) is 4.68. The summed E-state index contributed by atoms with van der Waals surface area (Å²) in [4.78, 5) is -0.0168. The zero-order chi connectivity index (χ0) is 12.6. The van der Waals surface area contributed by atoms with E-state index in [4.69, 9.17) is 27.9 Å². The van der Waals surface area contributed by atoms with Crippen LogP contribution in [0.5, 0.6) is 5.75 Å². The SMILES string of the molecule is COc1cc(Cl)c(S(=O)(=O)NC2CC2)cc1Cl. The quantitative estimate of drug-likeness (QED) is 0.928. The fourth-order valence-corrected chi connectivity index (χ4v) is 3.51. The van der Waals surface area contributed by atoms with Crippen LogP contribution in [0.25, 0.3) is 0 Å². The Kier molecular flexibility index (Phi) is 3.54. The summed E-state index contributed by atoms with van der Waals surface area (Å²) in [6.07, 6.45) is 1.72. The highest BCUT2D eigenvalue weighted by molar-refractivity contribution is 7.89. The first kappa shape index (κ1) is 13.0. The molecule has 1 aliphatic carbocycles. The molecular formula is C10H11Cl2NO3S. The molecule has 4 nitrogen and oxygen atoms in total. The minimum absolute atomic E-state index is 0.0168. The molecule has 7 heteroatoms. The smallest absolute Gasteiger partial charge is 0.242 e. The first-order valence-electron chi connectivity index (χ1n) is 4.99. The summed E-state index contributed by atoms with van der Waals surface area (Å²) >= 11 is 11.8. The molecule has 94 valence electrons. The molecule has 0 atom stereocenters. The van der Waals surface area contributed by atoms with Crippen LogP contribution < -0.4 is 9.46 Å². The Morgan fingerprint density at radius 1 is 1.29 bits per heavy atom. The van der Waals surface area contributed by atoms with Crippen molar-refractivity contribution in [2.24, 2.45) is 0 Å². The second-order valence-electron chi connectivity index (χ2n) is 3.81. The second-order valence-corrected chi connectivity index (χ2v) is 6.31. The maximum atomic E-state index is 12.0. The molecule has 1 aromatic carbocycles. The van der Waals surface area contributed by atoms with Crippen LogP contribution >= 0.6 is 23.2 Å². The van der Waals surface area contributed by atoms with Crippen LogP contribution in [0.4, 0.5) is 0 Å². The molecule has 2 rings (SSSR count). The van der Waals surface area contributed by atoms with Crippen molar-refractivity contribution >= 4 is 33.2 Å². The monoisotopic (exact) mass is 295 g/mol. The molecule has 17 heavy (non-hydrogen) atoms. The van der Waals surface area contributed by atoms with E-state index < -0.39 is 10.0 Å². The zero-order valence-electron chi connectivity index (χ0n) is 9.04. The zero-order valence-corrected chi connectivity index (χ0v) is 11.4. The minimum Gasteiger partial charge on any atom is -0.495 e. The van der Waals surface area contributed by atoms with Crippen molar-refractivity contribution in [3.63, 3.8) is 0 Å². The van der Waals surface area contributed by atoms with Gasteiger partial charge in [0.1, 0.15) is 10.6 Å². The van der Waals surface area contributed by atoms with Crippen molar-refractivity contribution in [2.75, 3.05) is 7.11 Å². The number of ether oxygens (including phenoxy) is 1. The lowest BCUT2D eigenvalue weighted by Gasteiger charge is -2.10. The predicted octanol–water partition coefficient (Wildman–Crippen LogP) is 2.44. The van der Waals surface area contributed by atoms with Gasteiger partial charge in [-0.15, -0.1) is 0 Å². The average molecular weight is 296 g/mol. The van der Waals surface area contributed by atoms with Crippen molar-refractivity contribution in [1.82, 2.24) is 4.72 Å². The van der Waals surface area contributed by atoms with Gasteiger partial charge in [-0.3, -0.25) is 0 Å². The van der Waals surface area contributed by atoms with Crippen molar-refractivity contribution in [1.29, 1.82) is 0 Å². The van der Waals surface area contributed by atoms with Crippen LogP contribution in [0.3, 0.4) is 0 Å². The topological polar surface area (TPSA) is 55.4 Å². The van der Waals surface area contributed by atoms with E-state index in [-0.39, 0.29) is 21.0 Å². The van der Waals surface area contributed by atoms with E-state index >= 15 is 0 Å². The Hall–Kier alpha value is -0.490. The third-order valence-electron chi connectivity index (χ3n) is 2.40. The lowest BCUT2D eigenvalue weighted by molar-refractivity contribution is 0.414. The molecule has 0 spiro atoms. The molecule has 0 heterocycles. The standard InChI is InChI=1S/C10H11Cl2NO3S/c1-16-9-4-8(12)10(5-7(9)11)17(14,15)13-6-2-3-6/h4-6,13H,2-3H2,1H3. The van der Waals surface area contributed by atoms with Crippen LogP contribution in [0.15, 0.2) is 17.0 Å². The summed E-state index contributed by atoms with van der Waals surface area (Å²) in [5.74, 6) is 0.349. The van der Waals surface area contributed by atoms with Crippen LogP contribution in [0, 0.1) is 0 Å².